The van der Waals surface area contributed by atoms with Gasteiger partial charge in [0.2, 0.25) is 5.91 Å². The van der Waals surface area contributed by atoms with Gasteiger partial charge in [-0.25, -0.2) is 0 Å². The summed E-state index contributed by atoms with van der Waals surface area (Å²) in [5.41, 5.74) is 0. The first-order valence-electron chi connectivity index (χ1n) is 4.51. The van der Waals surface area contributed by atoms with Crippen LogP contribution in [0, 0.1) is 0 Å². The summed E-state index contributed by atoms with van der Waals surface area (Å²) in [5, 5.41) is 2.57. The van der Waals surface area contributed by atoms with Crippen molar-refractivity contribution in [1.82, 2.24) is 5.32 Å². The highest BCUT2D eigenvalue weighted by atomic mass is 28.1. The molecule has 1 heterocycles. The number of rotatable bonds is 2. The van der Waals surface area contributed by atoms with Crippen molar-refractivity contribution in [2.75, 3.05) is 13.7 Å². The number of hydrogen-bond donors (Lipinski definition) is 1. The maximum absolute atomic E-state index is 11.1. The van der Waals surface area contributed by atoms with E-state index >= 15 is 0 Å². The van der Waals surface area contributed by atoms with E-state index in [4.69, 9.17) is 4.74 Å². The van der Waals surface area contributed by atoms with E-state index in [-0.39, 0.29) is 11.1 Å². The lowest BCUT2D eigenvalue weighted by Crippen LogP contribution is -2.41. The van der Waals surface area contributed by atoms with E-state index in [0.29, 0.717) is 6.42 Å². The van der Waals surface area contributed by atoms with Crippen molar-refractivity contribution < 1.29 is 9.53 Å². The van der Waals surface area contributed by atoms with Gasteiger partial charge in [0.1, 0.15) is 0 Å². The minimum Gasteiger partial charge on any atom is -0.379 e. The van der Waals surface area contributed by atoms with E-state index in [1.54, 1.807) is 7.05 Å². The van der Waals surface area contributed by atoms with Gasteiger partial charge in [0.25, 0.3) is 0 Å². The number of carbonyl (C=O) groups is 1. The minimum absolute atomic E-state index is 0.0711. The fourth-order valence-corrected chi connectivity index (χ4v) is 2.44. The molecule has 1 rings (SSSR count). The zero-order valence-corrected chi connectivity index (χ0v) is 9.85. The lowest BCUT2D eigenvalue weighted by Gasteiger charge is -2.33. The first-order valence-corrected chi connectivity index (χ1v) is 5.51. The SMILES string of the molecule is CNC(=O)CC1([SiH3])CCCCO1. The summed E-state index contributed by atoms with van der Waals surface area (Å²) in [4.78, 5) is 11.1. The van der Waals surface area contributed by atoms with Gasteiger partial charge in [-0.2, -0.15) is 0 Å². The second kappa shape index (κ2) is 4.05. The van der Waals surface area contributed by atoms with Crippen LogP contribution in [0.5, 0.6) is 0 Å². The summed E-state index contributed by atoms with van der Waals surface area (Å²) in [6.45, 7) is 0.834. The van der Waals surface area contributed by atoms with Crippen LogP contribution in [0.15, 0.2) is 0 Å². The van der Waals surface area contributed by atoms with E-state index in [1.807, 2.05) is 0 Å². The molecule has 1 N–H and O–H groups in total. The molecule has 0 aromatic carbocycles. The predicted octanol–water partition coefficient (Wildman–Crippen LogP) is -0.615. The normalized spacial score (nSPS) is 30.1. The second-order valence-electron chi connectivity index (χ2n) is 3.61. The summed E-state index contributed by atoms with van der Waals surface area (Å²) < 4.78 is 5.64. The molecule has 3 nitrogen and oxygen atoms in total. The minimum atomic E-state index is -0.0711. The molecular weight excluding hydrogens is 170 g/mol. The Hall–Kier alpha value is -0.353. The van der Waals surface area contributed by atoms with Crippen LogP contribution in [-0.2, 0) is 9.53 Å². The van der Waals surface area contributed by atoms with Gasteiger partial charge in [-0.3, -0.25) is 4.79 Å². The fourth-order valence-electron chi connectivity index (χ4n) is 1.56. The highest BCUT2D eigenvalue weighted by molar-refractivity contribution is 6.16. The van der Waals surface area contributed by atoms with Gasteiger partial charge in [-0.1, -0.05) is 0 Å². The molecule has 0 spiro atoms. The Kier molecular flexibility index (Phi) is 3.28. The third-order valence-electron chi connectivity index (χ3n) is 2.36. The van der Waals surface area contributed by atoms with Crippen LogP contribution >= 0.6 is 0 Å². The molecule has 0 saturated carbocycles. The number of amides is 1. The van der Waals surface area contributed by atoms with Gasteiger partial charge >= 0.3 is 0 Å². The maximum atomic E-state index is 11.1. The Bertz CT molecular complexity index is 166. The summed E-state index contributed by atoms with van der Waals surface area (Å²) in [7, 11) is 2.63. The highest BCUT2D eigenvalue weighted by Crippen LogP contribution is 2.24. The lowest BCUT2D eigenvalue weighted by molar-refractivity contribution is -0.126. The van der Waals surface area contributed by atoms with Gasteiger partial charge in [0.15, 0.2) is 0 Å². The van der Waals surface area contributed by atoms with Crippen LogP contribution in [0.1, 0.15) is 25.7 Å². The Balaban J connectivity index is 2.41. The number of ether oxygens (including phenoxy) is 1. The van der Waals surface area contributed by atoms with Gasteiger partial charge in [0.05, 0.1) is 11.6 Å². The summed E-state index contributed by atoms with van der Waals surface area (Å²) in [5.74, 6) is 0.104. The summed E-state index contributed by atoms with van der Waals surface area (Å²) >= 11 is 0. The molecule has 0 bridgehead atoms. The molecular formula is C8H17NO2Si. The average molecular weight is 187 g/mol. The number of hydrogen-bond acceptors (Lipinski definition) is 2. The first kappa shape index (κ1) is 9.73. The molecule has 0 aliphatic carbocycles. The monoisotopic (exact) mass is 187 g/mol. The standard InChI is InChI=1S/C8H17NO2Si/c1-9-7(10)6-8(12)4-2-3-5-11-8/h2-6H2,1,12H3,(H,9,10). The van der Waals surface area contributed by atoms with Gasteiger partial charge < -0.3 is 10.1 Å². The van der Waals surface area contributed by atoms with Crippen molar-refractivity contribution in [3.63, 3.8) is 0 Å². The topological polar surface area (TPSA) is 38.3 Å². The number of nitrogens with one attached hydrogen (secondary N) is 1. The van der Waals surface area contributed by atoms with Crippen LogP contribution in [-0.4, -0.2) is 35.0 Å². The van der Waals surface area contributed by atoms with Crippen molar-refractivity contribution in [1.29, 1.82) is 0 Å². The van der Waals surface area contributed by atoms with E-state index in [9.17, 15) is 4.79 Å². The molecule has 1 aliphatic heterocycles. The molecule has 1 unspecified atom stereocenters. The largest absolute Gasteiger partial charge is 0.379 e. The highest BCUT2D eigenvalue weighted by Gasteiger charge is 2.29. The molecule has 1 atom stereocenters. The van der Waals surface area contributed by atoms with Crippen LogP contribution < -0.4 is 5.32 Å². The zero-order chi connectivity index (χ0) is 9.03. The van der Waals surface area contributed by atoms with Gasteiger partial charge in [0, 0.05) is 23.9 Å². The molecule has 12 heavy (non-hydrogen) atoms. The first-order chi connectivity index (χ1) is 5.66. The molecule has 1 amide bonds. The summed E-state index contributed by atoms with van der Waals surface area (Å²) in [6, 6.07) is 0. The molecule has 1 fully saturated rings. The van der Waals surface area contributed by atoms with E-state index in [1.165, 1.54) is 6.42 Å². The van der Waals surface area contributed by atoms with Crippen LogP contribution in [0.4, 0.5) is 0 Å². The molecule has 0 aromatic heterocycles. The van der Waals surface area contributed by atoms with Gasteiger partial charge in [-0.15, -0.1) is 0 Å². The molecule has 1 saturated heterocycles. The second-order valence-corrected chi connectivity index (χ2v) is 5.43. The van der Waals surface area contributed by atoms with Crippen LogP contribution in [0.3, 0.4) is 0 Å². The number of carbonyl (C=O) groups excluding carboxylic acids is 1. The average Bonchev–Trinajstić information content (AvgIpc) is 2.05. The quantitative estimate of drug-likeness (QED) is 0.585. The lowest BCUT2D eigenvalue weighted by atomic mass is 10.1. The molecule has 4 heteroatoms. The van der Waals surface area contributed by atoms with Crippen LogP contribution in [0.2, 0.25) is 0 Å². The van der Waals surface area contributed by atoms with E-state index < -0.39 is 0 Å². The molecule has 70 valence electrons. The maximum Gasteiger partial charge on any atom is 0.222 e. The molecule has 0 aromatic rings. The Morgan fingerprint density at radius 1 is 1.67 bits per heavy atom. The third kappa shape index (κ3) is 2.60. The Morgan fingerprint density at radius 2 is 2.42 bits per heavy atom. The van der Waals surface area contributed by atoms with Crippen LogP contribution in [0.25, 0.3) is 0 Å². The van der Waals surface area contributed by atoms with E-state index in [0.717, 1.165) is 29.7 Å². The molecule has 0 radical (unpaired) electrons. The van der Waals surface area contributed by atoms with Crippen molar-refractivity contribution in [3.8, 4) is 0 Å². The third-order valence-corrected chi connectivity index (χ3v) is 3.51. The zero-order valence-electron chi connectivity index (χ0n) is 7.85. The fraction of sp³-hybridized carbons (Fsp3) is 0.875. The van der Waals surface area contributed by atoms with Crippen molar-refractivity contribution >= 4 is 16.1 Å². The smallest absolute Gasteiger partial charge is 0.222 e. The van der Waals surface area contributed by atoms with Crippen molar-refractivity contribution in [2.24, 2.45) is 0 Å². The van der Waals surface area contributed by atoms with Crippen molar-refractivity contribution in [3.05, 3.63) is 0 Å². The van der Waals surface area contributed by atoms with E-state index in [2.05, 4.69) is 5.32 Å². The Labute approximate surface area is 76.3 Å². The van der Waals surface area contributed by atoms with Gasteiger partial charge in [-0.05, 0) is 19.3 Å². The summed E-state index contributed by atoms with van der Waals surface area (Å²) in [6.07, 6.45) is 3.97. The Morgan fingerprint density at radius 3 is 2.92 bits per heavy atom. The molecule has 1 aliphatic rings. The van der Waals surface area contributed by atoms with Crippen molar-refractivity contribution in [2.45, 2.75) is 30.9 Å². The predicted molar refractivity (Wildman–Crippen MR) is 51.2 cm³/mol.